The summed E-state index contributed by atoms with van der Waals surface area (Å²) in [5, 5.41) is 11.2. The number of hydrogen-bond donors (Lipinski definition) is 8. The van der Waals surface area contributed by atoms with Gasteiger partial charge in [-0.15, -0.1) is 0 Å². The van der Waals surface area contributed by atoms with Crippen LogP contribution in [0, 0.1) is 11.8 Å². The number of nitrogens with two attached hydrogens (primary N) is 1. The van der Waals surface area contributed by atoms with Crippen molar-refractivity contribution in [1.82, 2.24) is 41.0 Å². The maximum atomic E-state index is 15.0. The molecule has 3 saturated heterocycles. The summed E-state index contributed by atoms with van der Waals surface area (Å²) in [4.78, 5) is 161. The number of primary amides is 1. The van der Waals surface area contributed by atoms with Gasteiger partial charge in [0.1, 0.15) is 29.9 Å². The summed E-state index contributed by atoms with van der Waals surface area (Å²) in [5.74, 6) is 1.47. The molecule has 426 valence electrons. The minimum Gasteiger partial charge on any atom is -0.370 e. The molecule has 0 saturated carbocycles. The Morgan fingerprint density at radius 3 is 2.23 bits per heavy atom. The monoisotopic (exact) mass is 1140 g/mol. The fraction of sp³-hybridized carbons (Fsp3) is 0.356. The number of hydrogen-bond acceptors (Lipinski definition) is 11. The Labute approximate surface area is 471 Å². The zero-order valence-electron chi connectivity index (χ0n) is 44.6. The highest BCUT2D eigenvalue weighted by molar-refractivity contribution is 7.70. The number of aromatic amines is 1. The SMILES string of the molecule is NC(=O)CCC(NC(=O)C1CCC2CCN(C(=O)CCCCCC#Cc3cccc4c3CN(C3CCC(=O)NC3=O)C4=O)CC(NC(=O)c3cc4cc(C(=O)P(=O)(O)O)ccc4[nH]3)C(=O)N21)C(=O)NC(c1ccccc1)c1ccccc1. The Hall–Kier alpha value is -8.77. The Morgan fingerprint density at radius 1 is 0.805 bits per heavy atom. The van der Waals surface area contributed by atoms with Crippen LogP contribution in [0.25, 0.3) is 10.9 Å². The number of imide groups is 1. The van der Waals surface area contributed by atoms with Gasteiger partial charge in [-0.1, -0.05) is 85.0 Å². The highest BCUT2D eigenvalue weighted by Gasteiger charge is 2.46. The van der Waals surface area contributed by atoms with E-state index in [2.05, 4.69) is 38.1 Å². The van der Waals surface area contributed by atoms with Crippen LogP contribution in [0.5, 0.6) is 0 Å². The van der Waals surface area contributed by atoms with E-state index in [9.17, 15) is 57.5 Å². The zero-order valence-corrected chi connectivity index (χ0v) is 45.5. The first-order valence-electron chi connectivity index (χ1n) is 27.2. The molecule has 4 aliphatic heterocycles. The van der Waals surface area contributed by atoms with E-state index in [1.54, 1.807) is 12.1 Å². The molecule has 3 fully saturated rings. The van der Waals surface area contributed by atoms with E-state index in [1.165, 1.54) is 39.0 Å². The van der Waals surface area contributed by atoms with Gasteiger partial charge in [0, 0.05) is 79.0 Å². The second kappa shape index (κ2) is 25.4. The van der Waals surface area contributed by atoms with Crippen LogP contribution in [0.2, 0.25) is 0 Å². The van der Waals surface area contributed by atoms with E-state index in [-0.39, 0.29) is 98.9 Å². The van der Waals surface area contributed by atoms with Gasteiger partial charge in [0.05, 0.1) is 6.04 Å². The number of carbonyl (C=O) groups excluding carboxylic acids is 10. The number of aromatic nitrogens is 1. The number of H-pyrrole nitrogens is 1. The molecule has 4 aliphatic rings. The number of piperidine rings is 1. The van der Waals surface area contributed by atoms with Crippen molar-refractivity contribution in [1.29, 1.82) is 0 Å². The summed E-state index contributed by atoms with van der Waals surface area (Å²) in [5.41, 5.74) is 7.47. The highest BCUT2D eigenvalue weighted by Crippen LogP contribution is 2.40. The molecule has 0 spiro atoms. The van der Waals surface area contributed by atoms with Crippen LogP contribution in [-0.4, -0.2) is 131 Å². The lowest BCUT2D eigenvalue weighted by Crippen LogP contribution is -2.62. The van der Waals surface area contributed by atoms with Crippen molar-refractivity contribution < 1.29 is 62.3 Å². The molecule has 1 aromatic heterocycles. The predicted octanol–water partition coefficient (Wildman–Crippen LogP) is 3.60. The third kappa shape index (κ3) is 13.3. The molecule has 9 N–H and O–H groups in total. The molecule has 23 heteroatoms. The summed E-state index contributed by atoms with van der Waals surface area (Å²) in [6, 6.07) is 23.0. The maximum absolute atomic E-state index is 15.0. The number of fused-ring (bicyclic) bond motifs is 3. The largest absolute Gasteiger partial charge is 0.396 e. The number of nitrogens with one attached hydrogen (secondary N) is 5. The molecule has 4 aromatic carbocycles. The standard InChI is InChI=1S/C59H62N9O13P/c60-49(69)27-24-44(53(72)65-52(36-14-7-4-8-15-36)37-16-9-5-10-17-37)62-56(75)48-25-22-40-29-30-66(34-46(58(77)68(40)48)63-54(73)45-32-39-31-38(21-23-43(39)61-45)59(78)82(79,80)81)51(71)20-11-3-1-2-6-13-35-18-12-19-41-42(35)33-67(57(41)76)47-26-28-50(70)64-55(47)74/h4-5,7-10,12,14-19,21,23,31-32,40,44,46-48,52,61H,1-3,11,20,22,24-30,33-34H2,(H2,60,69)(H,62,75)(H,63,73)(H,65,72)(H,64,70,74)(H2,79,80,81). The van der Waals surface area contributed by atoms with Crippen molar-refractivity contribution in [3.63, 3.8) is 0 Å². The predicted molar refractivity (Wildman–Crippen MR) is 296 cm³/mol. The topological polar surface area (TPSA) is 328 Å². The summed E-state index contributed by atoms with van der Waals surface area (Å²) in [6.45, 7) is 0.0809. The Kier molecular flexibility index (Phi) is 17.9. The third-order valence-corrected chi connectivity index (χ3v) is 16.2. The van der Waals surface area contributed by atoms with Crippen molar-refractivity contribution in [3.05, 3.63) is 142 Å². The normalized spacial score (nSPS) is 19.3. The van der Waals surface area contributed by atoms with E-state index in [1.807, 2.05) is 66.7 Å². The summed E-state index contributed by atoms with van der Waals surface area (Å²) in [6.07, 6.45) is 3.11. The maximum Gasteiger partial charge on any atom is 0.396 e. The first-order chi connectivity index (χ1) is 39.3. The molecule has 82 heavy (non-hydrogen) atoms. The molecule has 5 atom stereocenters. The first kappa shape index (κ1) is 57.9. The van der Waals surface area contributed by atoms with Gasteiger partial charge in [0.2, 0.25) is 41.4 Å². The average Bonchev–Trinajstić information content (AvgIpc) is 4.10. The first-order valence-corrected chi connectivity index (χ1v) is 28.8. The van der Waals surface area contributed by atoms with E-state index >= 15 is 4.79 Å². The summed E-state index contributed by atoms with van der Waals surface area (Å²) < 4.78 is 11.7. The van der Waals surface area contributed by atoms with Crippen LogP contribution in [0.15, 0.2) is 103 Å². The van der Waals surface area contributed by atoms with Crippen LogP contribution in [0.1, 0.15) is 137 Å². The fourth-order valence-corrected chi connectivity index (χ4v) is 11.6. The van der Waals surface area contributed by atoms with Gasteiger partial charge in [-0.2, -0.15) is 0 Å². The number of unbranched alkanes of at least 4 members (excludes halogenated alkanes) is 3. The number of carbonyl (C=O) groups is 10. The molecule has 5 unspecified atom stereocenters. The third-order valence-electron chi connectivity index (χ3n) is 15.4. The van der Waals surface area contributed by atoms with E-state index in [0.29, 0.717) is 54.3 Å². The van der Waals surface area contributed by atoms with Crippen molar-refractivity contribution in [2.75, 3.05) is 13.1 Å². The van der Waals surface area contributed by atoms with Crippen molar-refractivity contribution in [2.45, 2.75) is 120 Å². The molecule has 5 aromatic rings. The molecule has 5 heterocycles. The molecular formula is C59H62N9O13P. The van der Waals surface area contributed by atoms with Gasteiger partial charge in [0.25, 0.3) is 17.3 Å². The van der Waals surface area contributed by atoms with E-state index in [0.717, 1.165) is 11.1 Å². The van der Waals surface area contributed by atoms with Crippen molar-refractivity contribution in [3.8, 4) is 11.8 Å². The van der Waals surface area contributed by atoms with Crippen LogP contribution < -0.4 is 27.0 Å². The van der Waals surface area contributed by atoms with Crippen molar-refractivity contribution >= 4 is 77.2 Å². The molecule has 0 radical (unpaired) electrons. The number of benzene rings is 4. The van der Waals surface area contributed by atoms with Gasteiger partial charge in [0.15, 0.2) is 0 Å². The lowest BCUT2D eigenvalue weighted by Gasteiger charge is -2.39. The molecule has 9 rings (SSSR count). The Bertz CT molecular complexity index is 3420. The number of amides is 9. The smallest absolute Gasteiger partial charge is 0.370 e. The second-order valence-electron chi connectivity index (χ2n) is 20.9. The van der Waals surface area contributed by atoms with Crippen LogP contribution in [0.3, 0.4) is 0 Å². The average molecular weight is 1140 g/mol. The molecule has 0 aliphatic carbocycles. The Balaban J connectivity index is 0.882. The summed E-state index contributed by atoms with van der Waals surface area (Å²) in [7, 11) is -5.13. The van der Waals surface area contributed by atoms with Crippen LogP contribution in [0.4, 0.5) is 0 Å². The number of nitrogens with zero attached hydrogens (tertiary/aromatic N) is 3. The minimum atomic E-state index is -5.13. The van der Waals surface area contributed by atoms with Crippen molar-refractivity contribution in [2.24, 2.45) is 5.73 Å². The number of rotatable bonds is 19. The lowest BCUT2D eigenvalue weighted by atomic mass is 9.98. The zero-order chi connectivity index (χ0) is 58.2. The second-order valence-corrected chi connectivity index (χ2v) is 22.4. The van der Waals surface area contributed by atoms with Gasteiger partial charge in [-0.05, 0) is 98.0 Å². The van der Waals surface area contributed by atoms with Gasteiger partial charge < -0.3 is 51.2 Å². The van der Waals surface area contributed by atoms with E-state index in [4.69, 9.17) is 5.73 Å². The fourth-order valence-electron chi connectivity index (χ4n) is 11.2. The van der Waals surface area contributed by atoms with Gasteiger partial charge >= 0.3 is 7.60 Å². The lowest BCUT2D eigenvalue weighted by molar-refractivity contribution is -0.145. The molecular weight excluding hydrogens is 1070 g/mol. The Morgan fingerprint density at radius 2 is 1.54 bits per heavy atom. The van der Waals surface area contributed by atoms with Gasteiger partial charge in [-0.3, -0.25) is 57.8 Å². The van der Waals surface area contributed by atoms with Crippen LogP contribution >= 0.6 is 7.60 Å². The van der Waals surface area contributed by atoms with E-state index < -0.39 is 84.8 Å². The molecule has 0 bridgehead atoms. The van der Waals surface area contributed by atoms with Gasteiger partial charge in [-0.25, -0.2) is 0 Å². The quantitative estimate of drug-likeness (QED) is 0.0254. The minimum absolute atomic E-state index is 0.0779. The summed E-state index contributed by atoms with van der Waals surface area (Å²) >= 11 is 0. The molecule has 9 amide bonds. The van der Waals surface area contributed by atoms with Crippen LogP contribution in [-0.2, 0) is 44.7 Å². The highest BCUT2D eigenvalue weighted by atomic mass is 31.2. The molecule has 22 nitrogen and oxygen atoms in total.